The van der Waals surface area contributed by atoms with Crippen LogP contribution in [0, 0.1) is 18.8 Å². The van der Waals surface area contributed by atoms with Crippen LogP contribution < -0.4 is 0 Å². The van der Waals surface area contributed by atoms with Crippen LogP contribution in [-0.2, 0) is 12.8 Å². The van der Waals surface area contributed by atoms with Crippen molar-refractivity contribution in [3.63, 3.8) is 0 Å². The molecule has 2 aromatic rings. The van der Waals surface area contributed by atoms with Crippen molar-refractivity contribution in [1.29, 1.82) is 0 Å². The normalized spacial score (nSPS) is 20.0. The Hall–Kier alpha value is -1.70. The third-order valence-electron chi connectivity index (χ3n) is 6.34. The van der Waals surface area contributed by atoms with E-state index in [1.807, 2.05) is 12.4 Å². The molecule has 0 aliphatic heterocycles. The molecule has 0 radical (unpaired) electrons. The largest absolute Gasteiger partial charge is 0.241 e. The molecule has 1 aromatic heterocycles. The summed E-state index contributed by atoms with van der Waals surface area (Å²) < 4.78 is 0. The van der Waals surface area contributed by atoms with Crippen molar-refractivity contribution >= 4 is 0 Å². The zero-order valence-corrected chi connectivity index (χ0v) is 17.5. The Labute approximate surface area is 165 Å². The van der Waals surface area contributed by atoms with Gasteiger partial charge in [-0.05, 0) is 54.7 Å². The van der Waals surface area contributed by atoms with Crippen molar-refractivity contribution < 1.29 is 0 Å². The Morgan fingerprint density at radius 3 is 2.07 bits per heavy atom. The van der Waals surface area contributed by atoms with Crippen molar-refractivity contribution in [3.8, 4) is 11.1 Å². The molecular weight excluding hydrogens is 328 g/mol. The fourth-order valence-electron chi connectivity index (χ4n) is 4.59. The Morgan fingerprint density at radius 2 is 1.48 bits per heavy atom. The number of benzene rings is 1. The predicted octanol–water partition coefficient (Wildman–Crippen LogP) is 6.94. The molecule has 0 saturated heterocycles. The lowest BCUT2D eigenvalue weighted by Crippen LogP contribution is -2.15. The van der Waals surface area contributed by atoms with Crippen LogP contribution in [0.25, 0.3) is 11.1 Å². The van der Waals surface area contributed by atoms with Crippen LogP contribution in [0.3, 0.4) is 0 Å². The first kappa shape index (κ1) is 20.0. The minimum absolute atomic E-state index is 0.941. The maximum atomic E-state index is 4.50. The molecule has 1 heterocycles. The first-order chi connectivity index (χ1) is 13.2. The molecule has 27 heavy (non-hydrogen) atoms. The summed E-state index contributed by atoms with van der Waals surface area (Å²) >= 11 is 0. The second kappa shape index (κ2) is 10.0. The van der Waals surface area contributed by atoms with Crippen molar-refractivity contribution in [2.45, 2.75) is 85.0 Å². The fourth-order valence-corrected chi connectivity index (χ4v) is 4.59. The van der Waals surface area contributed by atoms with E-state index in [1.54, 1.807) is 0 Å². The topological polar surface area (TPSA) is 25.8 Å². The molecule has 0 amide bonds. The minimum atomic E-state index is 0.941. The van der Waals surface area contributed by atoms with E-state index in [0.717, 1.165) is 36.1 Å². The maximum Gasteiger partial charge on any atom is 0.128 e. The van der Waals surface area contributed by atoms with Gasteiger partial charge in [0.2, 0.25) is 0 Å². The van der Waals surface area contributed by atoms with Crippen LogP contribution in [0.4, 0.5) is 0 Å². The summed E-state index contributed by atoms with van der Waals surface area (Å²) in [7, 11) is 0. The van der Waals surface area contributed by atoms with Crippen LogP contribution >= 0.6 is 0 Å². The number of aryl methyl sites for hydroxylation is 3. The van der Waals surface area contributed by atoms with Crippen molar-refractivity contribution in [3.05, 3.63) is 47.5 Å². The van der Waals surface area contributed by atoms with E-state index >= 15 is 0 Å². The van der Waals surface area contributed by atoms with Gasteiger partial charge in [-0.2, -0.15) is 0 Å². The van der Waals surface area contributed by atoms with Gasteiger partial charge in [0.15, 0.2) is 0 Å². The van der Waals surface area contributed by atoms with E-state index in [1.165, 1.54) is 68.1 Å². The first-order valence-corrected chi connectivity index (χ1v) is 11.1. The Balaban J connectivity index is 1.55. The summed E-state index contributed by atoms with van der Waals surface area (Å²) in [6, 6.07) is 6.89. The lowest BCUT2D eigenvalue weighted by molar-refractivity contribution is 0.252. The molecule has 0 spiro atoms. The summed E-state index contributed by atoms with van der Waals surface area (Å²) in [5.74, 6) is 2.90. The summed E-state index contributed by atoms with van der Waals surface area (Å²) in [5, 5.41) is 0. The Morgan fingerprint density at radius 1 is 0.815 bits per heavy atom. The molecule has 2 nitrogen and oxygen atoms in total. The van der Waals surface area contributed by atoms with Crippen LogP contribution in [0.15, 0.2) is 30.6 Å². The van der Waals surface area contributed by atoms with Gasteiger partial charge in [0.25, 0.3) is 0 Å². The highest BCUT2D eigenvalue weighted by molar-refractivity contribution is 5.63. The van der Waals surface area contributed by atoms with E-state index in [-0.39, 0.29) is 0 Å². The molecular formula is C25H36N2. The SMILES string of the molecule is CCCc1ncc(-c2ccc(CCC3CCC(CCC)CC3)c(C)c2)cn1. The van der Waals surface area contributed by atoms with Crippen molar-refractivity contribution in [2.24, 2.45) is 11.8 Å². The maximum absolute atomic E-state index is 4.50. The second-order valence-corrected chi connectivity index (χ2v) is 8.49. The van der Waals surface area contributed by atoms with Gasteiger partial charge in [0, 0.05) is 24.4 Å². The molecule has 1 aliphatic carbocycles. The molecule has 0 unspecified atom stereocenters. The molecule has 1 aromatic carbocycles. The molecule has 1 aliphatic rings. The smallest absolute Gasteiger partial charge is 0.128 e. The van der Waals surface area contributed by atoms with E-state index in [0.29, 0.717) is 0 Å². The summed E-state index contributed by atoms with van der Waals surface area (Å²) in [6.07, 6.45) is 17.2. The van der Waals surface area contributed by atoms with Gasteiger partial charge >= 0.3 is 0 Å². The molecule has 1 fully saturated rings. The molecule has 0 N–H and O–H groups in total. The number of rotatable bonds is 8. The average molecular weight is 365 g/mol. The zero-order chi connectivity index (χ0) is 19.1. The number of hydrogen-bond acceptors (Lipinski definition) is 2. The molecule has 1 saturated carbocycles. The van der Waals surface area contributed by atoms with Crippen LogP contribution in [0.5, 0.6) is 0 Å². The fraction of sp³-hybridized carbons (Fsp3) is 0.600. The molecule has 3 rings (SSSR count). The van der Waals surface area contributed by atoms with E-state index < -0.39 is 0 Å². The third kappa shape index (κ3) is 5.64. The molecule has 0 bridgehead atoms. The van der Waals surface area contributed by atoms with Crippen LogP contribution in [0.1, 0.15) is 82.2 Å². The summed E-state index contributed by atoms with van der Waals surface area (Å²) in [6.45, 7) is 6.74. The lowest BCUT2D eigenvalue weighted by Gasteiger charge is -2.28. The highest BCUT2D eigenvalue weighted by Gasteiger charge is 2.20. The summed E-state index contributed by atoms with van der Waals surface area (Å²) in [5.41, 5.74) is 5.28. The molecule has 0 atom stereocenters. The quantitative estimate of drug-likeness (QED) is 0.507. The van der Waals surface area contributed by atoms with Gasteiger partial charge in [-0.3, -0.25) is 0 Å². The van der Waals surface area contributed by atoms with Gasteiger partial charge < -0.3 is 0 Å². The van der Waals surface area contributed by atoms with E-state index in [9.17, 15) is 0 Å². The van der Waals surface area contributed by atoms with Gasteiger partial charge in [-0.15, -0.1) is 0 Å². The van der Waals surface area contributed by atoms with Crippen LogP contribution in [0.2, 0.25) is 0 Å². The Bertz CT molecular complexity index is 697. The van der Waals surface area contributed by atoms with Gasteiger partial charge in [0.1, 0.15) is 5.82 Å². The molecule has 2 heteroatoms. The Kier molecular flexibility index (Phi) is 7.43. The first-order valence-electron chi connectivity index (χ1n) is 11.1. The molecule has 146 valence electrons. The number of aromatic nitrogens is 2. The second-order valence-electron chi connectivity index (χ2n) is 8.49. The standard InChI is InChI=1S/C25H36N2/c1-4-6-20-8-10-21(11-9-20)12-13-22-14-15-23(16-19(22)3)24-17-26-25(7-5-2)27-18-24/h14-18,20-21H,4-13H2,1-3H3. The third-order valence-corrected chi connectivity index (χ3v) is 6.34. The highest BCUT2D eigenvalue weighted by atomic mass is 14.9. The average Bonchev–Trinajstić information content (AvgIpc) is 2.69. The van der Waals surface area contributed by atoms with E-state index in [2.05, 4.69) is 48.9 Å². The van der Waals surface area contributed by atoms with Gasteiger partial charge in [0.05, 0.1) is 0 Å². The highest BCUT2D eigenvalue weighted by Crippen LogP contribution is 2.34. The lowest BCUT2D eigenvalue weighted by atomic mass is 9.78. The number of nitrogens with zero attached hydrogens (tertiary/aromatic N) is 2. The monoisotopic (exact) mass is 364 g/mol. The zero-order valence-electron chi connectivity index (χ0n) is 17.5. The van der Waals surface area contributed by atoms with Gasteiger partial charge in [-0.1, -0.05) is 70.6 Å². The predicted molar refractivity (Wildman–Crippen MR) is 115 cm³/mol. The van der Waals surface area contributed by atoms with E-state index in [4.69, 9.17) is 0 Å². The van der Waals surface area contributed by atoms with Crippen molar-refractivity contribution in [2.75, 3.05) is 0 Å². The minimum Gasteiger partial charge on any atom is -0.241 e. The summed E-state index contributed by atoms with van der Waals surface area (Å²) in [4.78, 5) is 9.01. The van der Waals surface area contributed by atoms with Gasteiger partial charge in [-0.25, -0.2) is 9.97 Å². The van der Waals surface area contributed by atoms with Crippen molar-refractivity contribution in [1.82, 2.24) is 9.97 Å². The number of hydrogen-bond donors (Lipinski definition) is 0. The van der Waals surface area contributed by atoms with Crippen LogP contribution in [-0.4, -0.2) is 9.97 Å².